The number of benzene rings is 2. The smallest absolute Gasteiger partial charge is 0.504 e. The lowest BCUT2D eigenvalue weighted by Gasteiger charge is -2.47. The molecule has 2 aromatic carbocycles. The number of carbonyl (C=O) groups is 1. The molecule has 0 aliphatic carbocycles. The molecule has 0 unspecified atom stereocenters. The third-order valence-electron chi connectivity index (χ3n) is 5.41. The van der Waals surface area contributed by atoms with Crippen LogP contribution in [-0.2, 0) is 9.31 Å². The Morgan fingerprint density at radius 2 is 1.68 bits per heavy atom. The van der Waals surface area contributed by atoms with Gasteiger partial charge in [-0.3, -0.25) is 4.79 Å². The number of hydrogen-bond donors (Lipinski definition) is 2. The predicted octanol–water partition coefficient (Wildman–Crippen LogP) is 0.803. The Balaban J connectivity index is 1.58. The molecule has 6 nitrogen and oxygen atoms in total. The maximum Gasteiger partial charge on any atom is 0.504 e. The van der Waals surface area contributed by atoms with Crippen LogP contribution in [0.3, 0.4) is 0 Å². The van der Waals surface area contributed by atoms with E-state index in [2.05, 4.69) is 5.32 Å². The van der Waals surface area contributed by atoms with Gasteiger partial charge in [0.05, 0.1) is 31.9 Å². The molecule has 2 N–H and O–H groups in total. The van der Waals surface area contributed by atoms with Gasteiger partial charge in [0.1, 0.15) is 12.4 Å². The first-order chi connectivity index (χ1) is 12.2. The van der Waals surface area contributed by atoms with Gasteiger partial charge in [-0.15, -0.1) is 0 Å². The van der Waals surface area contributed by atoms with Crippen LogP contribution in [0.1, 0.15) is 10.4 Å². The zero-order valence-electron chi connectivity index (χ0n) is 13.9. The second-order valence-electron chi connectivity index (χ2n) is 6.67. The van der Waals surface area contributed by atoms with Crippen LogP contribution in [0.25, 0.3) is 0 Å². The van der Waals surface area contributed by atoms with Crippen LogP contribution in [-0.4, -0.2) is 55.1 Å². The van der Waals surface area contributed by atoms with Crippen LogP contribution < -0.4 is 10.8 Å². The van der Waals surface area contributed by atoms with Crippen LogP contribution >= 0.6 is 0 Å². The Bertz CT molecular complexity index is 774. The summed E-state index contributed by atoms with van der Waals surface area (Å²) in [5, 5.41) is 12.8. The number of para-hydroxylation sites is 1. The van der Waals surface area contributed by atoms with Gasteiger partial charge in [-0.25, -0.2) is 0 Å². The fourth-order valence-corrected chi connectivity index (χ4v) is 4.08. The number of hydrogen-bond acceptors (Lipinski definition) is 4. The van der Waals surface area contributed by atoms with Crippen molar-refractivity contribution in [3.8, 4) is 5.75 Å². The van der Waals surface area contributed by atoms with Crippen molar-refractivity contribution in [1.29, 1.82) is 0 Å². The standard InChI is InChI=1S/C18H21BN2O4/c22-17-9-5-4-8-16(17)18(23)20-14-21-10-12-24-19(21,25-13-11-21)15-6-2-1-3-7-15/h1-9,22H,10-14H2,(H,20,23). The van der Waals surface area contributed by atoms with E-state index in [0.29, 0.717) is 24.3 Å². The quantitative estimate of drug-likeness (QED) is 0.808. The van der Waals surface area contributed by atoms with Crippen molar-refractivity contribution < 1.29 is 23.6 Å². The Hall–Kier alpha value is -2.35. The molecular weight excluding hydrogens is 319 g/mol. The SMILES string of the molecule is O=C(NC[N+]12CCO[B-]1(c1ccccc1)OCC2)c1ccccc1O. The number of phenolic OH excluding ortho intramolecular Hbond substituents is 1. The Kier molecular flexibility index (Phi) is 3.99. The number of nitrogens with one attached hydrogen (secondary N) is 1. The minimum atomic E-state index is -1.67. The van der Waals surface area contributed by atoms with Gasteiger partial charge in [-0.05, 0) is 12.1 Å². The molecule has 2 heterocycles. The van der Waals surface area contributed by atoms with Crippen LogP contribution in [0.15, 0.2) is 54.6 Å². The van der Waals surface area contributed by atoms with Crippen LogP contribution in [0.4, 0.5) is 0 Å². The number of nitrogens with zero attached hydrogens (tertiary/aromatic N) is 1. The van der Waals surface area contributed by atoms with Crippen molar-refractivity contribution in [2.24, 2.45) is 0 Å². The molecule has 1 amide bonds. The Morgan fingerprint density at radius 3 is 2.36 bits per heavy atom. The lowest BCUT2D eigenvalue weighted by Crippen LogP contribution is -2.71. The highest BCUT2D eigenvalue weighted by molar-refractivity contribution is 6.75. The maximum absolute atomic E-state index is 12.5. The highest BCUT2D eigenvalue weighted by Crippen LogP contribution is 2.33. The van der Waals surface area contributed by atoms with E-state index in [1.807, 2.05) is 30.3 Å². The number of rotatable bonds is 4. The largest absolute Gasteiger partial charge is 0.507 e. The average Bonchev–Trinajstić information content (AvgIpc) is 3.17. The summed E-state index contributed by atoms with van der Waals surface area (Å²) in [6.07, 6.45) is 0. The van der Waals surface area contributed by atoms with E-state index in [-0.39, 0.29) is 17.2 Å². The van der Waals surface area contributed by atoms with Gasteiger partial charge in [0, 0.05) is 0 Å². The molecule has 2 aliphatic rings. The number of aromatic hydroxyl groups is 1. The van der Waals surface area contributed by atoms with Crippen molar-refractivity contribution in [2.45, 2.75) is 0 Å². The van der Waals surface area contributed by atoms with E-state index in [1.54, 1.807) is 18.2 Å². The predicted molar refractivity (Wildman–Crippen MR) is 94.2 cm³/mol. The Morgan fingerprint density at radius 1 is 1.04 bits per heavy atom. The molecule has 130 valence electrons. The highest BCUT2D eigenvalue weighted by Gasteiger charge is 2.59. The summed E-state index contributed by atoms with van der Waals surface area (Å²) in [6.45, 7) is 1.51. The van der Waals surface area contributed by atoms with E-state index >= 15 is 0 Å². The molecule has 2 aromatic rings. The second kappa shape index (κ2) is 6.18. The van der Waals surface area contributed by atoms with Gasteiger partial charge in [-0.2, -0.15) is 0 Å². The van der Waals surface area contributed by atoms with E-state index in [0.717, 1.165) is 18.6 Å². The van der Waals surface area contributed by atoms with Crippen LogP contribution in [0, 0.1) is 0 Å². The maximum atomic E-state index is 12.5. The van der Waals surface area contributed by atoms with E-state index in [9.17, 15) is 9.90 Å². The zero-order valence-corrected chi connectivity index (χ0v) is 13.9. The van der Waals surface area contributed by atoms with Crippen molar-refractivity contribution >= 4 is 18.1 Å². The molecule has 0 aromatic heterocycles. The molecule has 0 radical (unpaired) electrons. The minimum Gasteiger partial charge on any atom is -0.507 e. The summed E-state index contributed by atoms with van der Waals surface area (Å²) < 4.78 is 12.8. The summed E-state index contributed by atoms with van der Waals surface area (Å²) in [5.41, 5.74) is 1.30. The zero-order chi connectivity index (χ0) is 17.3. The van der Waals surface area contributed by atoms with E-state index < -0.39 is 6.69 Å². The van der Waals surface area contributed by atoms with Crippen LogP contribution in [0.5, 0.6) is 5.75 Å². The number of carbonyl (C=O) groups excluding carboxylic acids is 1. The van der Waals surface area contributed by atoms with Crippen molar-refractivity contribution in [2.75, 3.05) is 33.0 Å². The van der Waals surface area contributed by atoms with Crippen molar-refractivity contribution in [1.82, 2.24) is 5.32 Å². The molecule has 2 aliphatic heterocycles. The van der Waals surface area contributed by atoms with Gasteiger partial charge in [0.15, 0.2) is 0 Å². The van der Waals surface area contributed by atoms with Gasteiger partial charge in [0.25, 0.3) is 5.91 Å². The van der Waals surface area contributed by atoms with Gasteiger partial charge < -0.3 is 24.1 Å². The fourth-order valence-electron chi connectivity index (χ4n) is 4.08. The van der Waals surface area contributed by atoms with Gasteiger partial charge >= 0.3 is 6.69 Å². The first-order valence-corrected chi connectivity index (χ1v) is 8.56. The molecular formula is C18H21BN2O4. The normalized spacial score (nSPS) is 27.8. The lowest BCUT2D eigenvalue weighted by molar-refractivity contribution is -0.822. The average molecular weight is 340 g/mol. The number of amides is 1. The second-order valence-corrected chi connectivity index (χ2v) is 6.67. The molecule has 7 heteroatoms. The monoisotopic (exact) mass is 340 g/mol. The molecule has 0 bridgehead atoms. The summed E-state index contributed by atoms with van der Waals surface area (Å²) in [7, 11) is 0. The summed E-state index contributed by atoms with van der Waals surface area (Å²) >= 11 is 0. The third kappa shape index (κ3) is 2.52. The number of quaternary nitrogens is 1. The topological polar surface area (TPSA) is 67.8 Å². The summed E-state index contributed by atoms with van der Waals surface area (Å²) in [5.74, 6) is -0.308. The first kappa shape index (κ1) is 16.1. The molecule has 2 fully saturated rings. The van der Waals surface area contributed by atoms with Crippen LogP contribution in [0.2, 0.25) is 0 Å². The first-order valence-electron chi connectivity index (χ1n) is 8.56. The van der Waals surface area contributed by atoms with Crippen molar-refractivity contribution in [3.63, 3.8) is 0 Å². The molecule has 25 heavy (non-hydrogen) atoms. The molecule has 2 saturated heterocycles. The molecule has 0 atom stereocenters. The summed E-state index contributed by atoms with van der Waals surface area (Å²) in [4.78, 5) is 12.5. The van der Waals surface area contributed by atoms with Gasteiger partial charge in [-0.1, -0.05) is 47.9 Å². The lowest BCUT2D eigenvalue weighted by atomic mass is 9.61. The van der Waals surface area contributed by atoms with Crippen molar-refractivity contribution in [3.05, 3.63) is 60.2 Å². The minimum absolute atomic E-state index is 0.0184. The van der Waals surface area contributed by atoms with E-state index in [4.69, 9.17) is 9.31 Å². The van der Waals surface area contributed by atoms with E-state index in [1.165, 1.54) is 6.07 Å². The molecule has 4 rings (SSSR count). The Labute approximate surface area is 146 Å². The fraction of sp³-hybridized carbons (Fsp3) is 0.278. The molecule has 0 spiro atoms. The third-order valence-corrected chi connectivity index (χ3v) is 5.41. The highest BCUT2D eigenvalue weighted by atomic mass is 16.6. The summed E-state index contributed by atoms with van der Waals surface area (Å²) in [6, 6.07) is 16.5. The number of phenols is 1. The van der Waals surface area contributed by atoms with Gasteiger partial charge in [0.2, 0.25) is 0 Å². The molecule has 0 saturated carbocycles. The number of fused-ring (bicyclic) bond motifs is 1.